The average molecular weight is 449 g/mol. The minimum Gasteiger partial charge on any atom is -0.491 e. The smallest absolute Gasteiger partial charge is 0.227 e. The predicted molar refractivity (Wildman–Crippen MR) is 128 cm³/mol. The van der Waals surface area contributed by atoms with E-state index in [1.807, 2.05) is 48.5 Å². The van der Waals surface area contributed by atoms with Crippen molar-refractivity contribution in [3.05, 3.63) is 88.8 Å². The van der Waals surface area contributed by atoms with Crippen molar-refractivity contribution in [3.63, 3.8) is 0 Å². The molecule has 4 aromatic rings. The predicted octanol–water partition coefficient (Wildman–Crippen LogP) is 6.85. The molecule has 0 saturated carbocycles. The number of carbonyl (C=O) groups excluding carboxylic acids is 1. The van der Waals surface area contributed by atoms with Crippen molar-refractivity contribution in [1.29, 1.82) is 0 Å². The van der Waals surface area contributed by atoms with Crippen LogP contribution in [0.1, 0.15) is 12.0 Å². The fourth-order valence-electron chi connectivity index (χ4n) is 3.11. The quantitative estimate of drug-likeness (QED) is 0.336. The summed E-state index contributed by atoms with van der Waals surface area (Å²) < 4.78 is 5.57. The van der Waals surface area contributed by atoms with Crippen LogP contribution in [0, 0.1) is 6.92 Å². The van der Waals surface area contributed by atoms with Crippen LogP contribution in [0.15, 0.2) is 78.2 Å². The first kappa shape index (κ1) is 21.1. The average Bonchev–Trinajstić information content (AvgIpc) is 3.26. The molecule has 156 valence electrons. The Bertz CT molecular complexity index is 1190. The number of amides is 1. The highest BCUT2D eigenvalue weighted by atomic mass is 35.5. The van der Waals surface area contributed by atoms with E-state index in [1.54, 1.807) is 23.5 Å². The highest BCUT2D eigenvalue weighted by molar-refractivity contribution is 7.13. The van der Waals surface area contributed by atoms with E-state index in [4.69, 9.17) is 21.3 Å². The molecule has 0 saturated heterocycles. The number of ether oxygens (including phenoxy) is 1. The Hall–Kier alpha value is -3.15. The van der Waals surface area contributed by atoms with Crippen molar-refractivity contribution in [2.75, 3.05) is 11.9 Å². The van der Waals surface area contributed by atoms with Crippen molar-refractivity contribution in [3.8, 4) is 27.6 Å². The maximum absolute atomic E-state index is 12.2. The summed E-state index contributed by atoms with van der Waals surface area (Å²) in [5.74, 6) is 0.463. The van der Waals surface area contributed by atoms with E-state index < -0.39 is 0 Å². The van der Waals surface area contributed by atoms with Gasteiger partial charge in [-0.05, 0) is 36.8 Å². The molecule has 31 heavy (non-hydrogen) atoms. The third-order valence-corrected chi connectivity index (χ3v) is 5.96. The molecular formula is C25H21ClN2O2S. The van der Waals surface area contributed by atoms with Gasteiger partial charge in [0.25, 0.3) is 0 Å². The van der Waals surface area contributed by atoms with Crippen LogP contribution in [-0.2, 0) is 4.79 Å². The second-order valence-electron chi connectivity index (χ2n) is 7.01. The molecule has 0 bridgehead atoms. The maximum atomic E-state index is 12.2. The third-order valence-electron chi connectivity index (χ3n) is 4.77. The Balaban J connectivity index is 1.34. The largest absolute Gasteiger partial charge is 0.491 e. The van der Waals surface area contributed by atoms with E-state index in [1.165, 1.54) is 5.56 Å². The number of thiazole rings is 1. The second-order valence-corrected chi connectivity index (χ2v) is 8.27. The molecule has 1 amide bonds. The lowest BCUT2D eigenvalue weighted by molar-refractivity contribution is -0.116. The number of nitrogens with one attached hydrogen (secondary N) is 1. The van der Waals surface area contributed by atoms with Crippen LogP contribution in [0.4, 0.5) is 5.69 Å². The molecule has 0 aliphatic carbocycles. The summed E-state index contributed by atoms with van der Waals surface area (Å²) >= 11 is 7.68. The van der Waals surface area contributed by atoms with Crippen LogP contribution >= 0.6 is 22.9 Å². The van der Waals surface area contributed by atoms with E-state index in [0.717, 1.165) is 27.5 Å². The molecule has 0 spiro atoms. The van der Waals surface area contributed by atoms with Crippen molar-refractivity contribution in [2.24, 2.45) is 0 Å². The van der Waals surface area contributed by atoms with E-state index in [-0.39, 0.29) is 18.9 Å². The fourth-order valence-corrected chi connectivity index (χ4v) is 4.22. The molecule has 0 aliphatic rings. The second kappa shape index (κ2) is 9.77. The number of aromatic nitrogens is 1. The first-order valence-corrected chi connectivity index (χ1v) is 11.1. The first-order chi connectivity index (χ1) is 15.1. The molecule has 0 radical (unpaired) electrons. The molecule has 3 aromatic carbocycles. The van der Waals surface area contributed by atoms with Gasteiger partial charge in [-0.1, -0.05) is 60.1 Å². The molecule has 0 unspecified atom stereocenters. The van der Waals surface area contributed by atoms with Gasteiger partial charge in [0.05, 0.1) is 23.7 Å². The minimum absolute atomic E-state index is 0.115. The number of halogens is 1. The Morgan fingerprint density at radius 1 is 1.03 bits per heavy atom. The number of carbonyl (C=O) groups is 1. The van der Waals surface area contributed by atoms with Crippen LogP contribution < -0.4 is 10.1 Å². The lowest BCUT2D eigenvalue weighted by Gasteiger charge is -2.09. The molecule has 1 heterocycles. The van der Waals surface area contributed by atoms with Crippen molar-refractivity contribution in [2.45, 2.75) is 13.3 Å². The standard InChI is InChI=1S/C25H21ClN2O2S/c1-17-6-2-3-7-20(17)25-28-22(16-31-25)18-10-12-19(13-11-18)27-24(29)14-15-30-23-9-5-4-8-21(23)26/h2-13,16H,14-15H2,1H3,(H,27,29). The lowest BCUT2D eigenvalue weighted by atomic mass is 10.1. The summed E-state index contributed by atoms with van der Waals surface area (Å²) in [6.45, 7) is 2.35. The maximum Gasteiger partial charge on any atom is 0.227 e. The Labute approximate surface area is 190 Å². The van der Waals surface area contributed by atoms with E-state index >= 15 is 0 Å². The van der Waals surface area contributed by atoms with Gasteiger partial charge in [-0.3, -0.25) is 4.79 Å². The Morgan fingerprint density at radius 2 is 1.77 bits per heavy atom. The van der Waals surface area contributed by atoms with Crippen molar-refractivity contribution >= 4 is 34.5 Å². The molecule has 1 aromatic heterocycles. The van der Waals surface area contributed by atoms with Gasteiger partial charge in [0, 0.05) is 22.2 Å². The van der Waals surface area contributed by atoms with E-state index in [9.17, 15) is 4.79 Å². The zero-order valence-corrected chi connectivity index (χ0v) is 18.5. The molecule has 0 aliphatic heterocycles. The van der Waals surface area contributed by atoms with Crippen LogP contribution in [0.2, 0.25) is 5.02 Å². The van der Waals surface area contributed by atoms with Crippen LogP contribution in [0.3, 0.4) is 0 Å². The van der Waals surface area contributed by atoms with E-state index in [0.29, 0.717) is 10.8 Å². The minimum atomic E-state index is -0.115. The highest BCUT2D eigenvalue weighted by Gasteiger charge is 2.09. The summed E-state index contributed by atoms with van der Waals surface area (Å²) in [6.07, 6.45) is 0.235. The van der Waals surface area contributed by atoms with Gasteiger partial charge >= 0.3 is 0 Å². The monoisotopic (exact) mass is 448 g/mol. The molecule has 4 rings (SSSR count). The number of aryl methyl sites for hydroxylation is 1. The summed E-state index contributed by atoms with van der Waals surface area (Å²) in [4.78, 5) is 17.0. The summed E-state index contributed by atoms with van der Waals surface area (Å²) in [6, 6.07) is 23.1. The number of benzene rings is 3. The first-order valence-electron chi connectivity index (χ1n) is 9.89. The SMILES string of the molecule is Cc1ccccc1-c1nc(-c2ccc(NC(=O)CCOc3ccccc3Cl)cc2)cs1. The van der Waals surface area contributed by atoms with Gasteiger partial charge in [-0.15, -0.1) is 11.3 Å². The van der Waals surface area contributed by atoms with Crippen LogP contribution in [0.25, 0.3) is 21.8 Å². The lowest BCUT2D eigenvalue weighted by Crippen LogP contribution is -2.15. The number of hydrogen-bond acceptors (Lipinski definition) is 4. The number of anilines is 1. The molecule has 4 nitrogen and oxygen atoms in total. The Morgan fingerprint density at radius 3 is 2.55 bits per heavy atom. The van der Waals surface area contributed by atoms with Crippen molar-refractivity contribution < 1.29 is 9.53 Å². The highest BCUT2D eigenvalue weighted by Crippen LogP contribution is 2.31. The number of rotatable bonds is 7. The topological polar surface area (TPSA) is 51.2 Å². The number of para-hydroxylation sites is 1. The molecule has 0 fully saturated rings. The van der Waals surface area contributed by atoms with E-state index in [2.05, 4.69) is 29.8 Å². The van der Waals surface area contributed by atoms with Crippen LogP contribution in [0.5, 0.6) is 5.75 Å². The summed E-state index contributed by atoms with van der Waals surface area (Å²) in [5, 5.41) is 6.48. The summed E-state index contributed by atoms with van der Waals surface area (Å²) in [7, 11) is 0. The molecule has 1 N–H and O–H groups in total. The normalized spacial score (nSPS) is 10.6. The summed E-state index contributed by atoms with van der Waals surface area (Å²) in [5.41, 5.74) is 5.04. The van der Waals surface area contributed by atoms with Gasteiger partial charge in [0.2, 0.25) is 5.91 Å². The third kappa shape index (κ3) is 5.32. The molecular weight excluding hydrogens is 428 g/mol. The molecule has 6 heteroatoms. The van der Waals surface area contributed by atoms with Gasteiger partial charge in [0.15, 0.2) is 0 Å². The molecule has 0 atom stereocenters. The number of nitrogens with zero attached hydrogens (tertiary/aromatic N) is 1. The van der Waals surface area contributed by atoms with Crippen molar-refractivity contribution in [1.82, 2.24) is 4.98 Å². The van der Waals surface area contributed by atoms with Gasteiger partial charge < -0.3 is 10.1 Å². The number of hydrogen-bond donors (Lipinski definition) is 1. The fraction of sp³-hybridized carbons (Fsp3) is 0.120. The van der Waals surface area contributed by atoms with Gasteiger partial charge in [-0.25, -0.2) is 4.98 Å². The van der Waals surface area contributed by atoms with Gasteiger partial charge in [-0.2, -0.15) is 0 Å². The van der Waals surface area contributed by atoms with Gasteiger partial charge in [0.1, 0.15) is 10.8 Å². The Kier molecular flexibility index (Phi) is 6.65. The zero-order valence-electron chi connectivity index (χ0n) is 17.0. The zero-order chi connectivity index (χ0) is 21.6. The van der Waals surface area contributed by atoms with Crippen LogP contribution in [-0.4, -0.2) is 17.5 Å².